The summed E-state index contributed by atoms with van der Waals surface area (Å²) in [6, 6.07) is 6.07. The van der Waals surface area contributed by atoms with E-state index in [0.717, 1.165) is 42.8 Å². The van der Waals surface area contributed by atoms with Crippen molar-refractivity contribution in [3.05, 3.63) is 48.2 Å². The van der Waals surface area contributed by atoms with Crippen molar-refractivity contribution in [2.75, 3.05) is 31.6 Å². The zero-order valence-electron chi connectivity index (χ0n) is 13.8. The van der Waals surface area contributed by atoms with Gasteiger partial charge in [-0.05, 0) is 36.5 Å². The van der Waals surface area contributed by atoms with Gasteiger partial charge in [0.25, 0.3) is 0 Å². The number of pyridine rings is 1. The normalized spacial score (nSPS) is 21.6. The van der Waals surface area contributed by atoms with E-state index in [1.807, 2.05) is 24.5 Å². The predicted octanol–water partition coefficient (Wildman–Crippen LogP) is 2.27. The monoisotopic (exact) mass is 325 g/mol. The zero-order valence-corrected chi connectivity index (χ0v) is 13.8. The first-order valence-electron chi connectivity index (χ1n) is 8.66. The Morgan fingerprint density at radius 1 is 1.25 bits per heavy atom. The second-order valence-corrected chi connectivity index (χ2v) is 6.54. The van der Waals surface area contributed by atoms with Gasteiger partial charge in [-0.25, -0.2) is 9.97 Å². The Kier molecular flexibility index (Phi) is 4.66. The molecule has 2 fully saturated rings. The molecule has 2 aliphatic rings. The van der Waals surface area contributed by atoms with Crippen LogP contribution in [0.3, 0.4) is 0 Å². The largest absolute Gasteiger partial charge is 0.378 e. The van der Waals surface area contributed by atoms with Gasteiger partial charge in [-0.15, -0.1) is 0 Å². The number of nitrogens with one attached hydrogen (secondary N) is 1. The summed E-state index contributed by atoms with van der Waals surface area (Å²) < 4.78 is 5.69. The Bertz CT molecular complexity index is 661. The second kappa shape index (κ2) is 7.23. The molecule has 0 bridgehead atoms. The standard InChI is InChI=1S/C18H23N5O/c1-2-15(10-19-6-1)11-21-17-5-7-20-18(22-17)16-13-24-9-8-23(16)12-14-3-4-14/h1-2,5-7,10,14,16H,3-4,8-9,11-13H2,(H,20,21,22). The molecule has 2 aromatic heterocycles. The molecule has 1 unspecified atom stereocenters. The zero-order chi connectivity index (χ0) is 16.2. The van der Waals surface area contributed by atoms with Gasteiger partial charge in [-0.3, -0.25) is 9.88 Å². The van der Waals surface area contributed by atoms with Crippen LogP contribution in [0.2, 0.25) is 0 Å². The average molecular weight is 325 g/mol. The third-order valence-electron chi connectivity index (χ3n) is 4.60. The number of rotatable bonds is 6. The fraction of sp³-hybridized carbons (Fsp3) is 0.500. The molecule has 0 spiro atoms. The molecular formula is C18H23N5O. The summed E-state index contributed by atoms with van der Waals surface area (Å²) in [6.07, 6.45) is 8.19. The van der Waals surface area contributed by atoms with Gasteiger partial charge in [0.15, 0.2) is 0 Å². The van der Waals surface area contributed by atoms with Crippen molar-refractivity contribution in [3.8, 4) is 0 Å². The van der Waals surface area contributed by atoms with Crippen LogP contribution in [-0.2, 0) is 11.3 Å². The van der Waals surface area contributed by atoms with Gasteiger partial charge >= 0.3 is 0 Å². The van der Waals surface area contributed by atoms with Crippen LogP contribution in [0.1, 0.15) is 30.3 Å². The number of nitrogens with zero attached hydrogens (tertiary/aromatic N) is 4. The Hall–Kier alpha value is -2.05. The summed E-state index contributed by atoms with van der Waals surface area (Å²) >= 11 is 0. The van der Waals surface area contributed by atoms with Crippen LogP contribution in [0.25, 0.3) is 0 Å². The van der Waals surface area contributed by atoms with Crippen LogP contribution in [0.4, 0.5) is 5.82 Å². The van der Waals surface area contributed by atoms with Crippen molar-refractivity contribution in [2.24, 2.45) is 5.92 Å². The third-order valence-corrected chi connectivity index (χ3v) is 4.60. The van der Waals surface area contributed by atoms with Crippen LogP contribution in [0.15, 0.2) is 36.8 Å². The number of aromatic nitrogens is 3. The van der Waals surface area contributed by atoms with E-state index in [1.54, 1.807) is 6.20 Å². The molecule has 1 saturated carbocycles. The molecule has 4 rings (SSSR count). The maximum atomic E-state index is 5.69. The van der Waals surface area contributed by atoms with Crippen molar-refractivity contribution in [3.63, 3.8) is 0 Å². The molecule has 24 heavy (non-hydrogen) atoms. The van der Waals surface area contributed by atoms with E-state index in [9.17, 15) is 0 Å². The molecule has 6 heteroatoms. The lowest BCUT2D eigenvalue weighted by Crippen LogP contribution is -2.41. The number of anilines is 1. The van der Waals surface area contributed by atoms with Gasteiger partial charge in [0, 0.05) is 38.2 Å². The number of hydrogen-bond acceptors (Lipinski definition) is 6. The van der Waals surface area contributed by atoms with Crippen LogP contribution < -0.4 is 5.32 Å². The summed E-state index contributed by atoms with van der Waals surface area (Å²) in [7, 11) is 0. The van der Waals surface area contributed by atoms with Crippen molar-refractivity contribution >= 4 is 5.82 Å². The molecule has 6 nitrogen and oxygen atoms in total. The Morgan fingerprint density at radius 2 is 2.21 bits per heavy atom. The van der Waals surface area contributed by atoms with Gasteiger partial charge in [-0.1, -0.05) is 6.07 Å². The lowest BCUT2D eigenvalue weighted by Gasteiger charge is -2.34. The first-order valence-corrected chi connectivity index (χ1v) is 8.66. The topological polar surface area (TPSA) is 63.2 Å². The molecular weight excluding hydrogens is 302 g/mol. The highest BCUT2D eigenvalue weighted by Gasteiger charge is 2.32. The summed E-state index contributed by atoms with van der Waals surface area (Å²) in [5, 5.41) is 3.36. The molecule has 1 saturated heterocycles. The minimum absolute atomic E-state index is 0.166. The first kappa shape index (κ1) is 15.5. The smallest absolute Gasteiger partial charge is 0.150 e. The molecule has 1 aliphatic carbocycles. The van der Waals surface area contributed by atoms with E-state index in [4.69, 9.17) is 9.72 Å². The minimum Gasteiger partial charge on any atom is -0.378 e. The number of ether oxygens (including phenoxy) is 1. The second-order valence-electron chi connectivity index (χ2n) is 6.54. The van der Waals surface area contributed by atoms with Crippen LogP contribution in [0.5, 0.6) is 0 Å². The van der Waals surface area contributed by atoms with E-state index >= 15 is 0 Å². The Labute approximate surface area is 142 Å². The van der Waals surface area contributed by atoms with Crippen molar-refractivity contribution in [2.45, 2.75) is 25.4 Å². The molecule has 0 aromatic carbocycles. The summed E-state index contributed by atoms with van der Waals surface area (Å²) in [4.78, 5) is 15.9. The summed E-state index contributed by atoms with van der Waals surface area (Å²) in [5.41, 5.74) is 1.13. The van der Waals surface area contributed by atoms with E-state index in [2.05, 4.69) is 26.3 Å². The van der Waals surface area contributed by atoms with Gasteiger partial charge < -0.3 is 10.1 Å². The van der Waals surface area contributed by atoms with Crippen LogP contribution in [-0.4, -0.2) is 46.2 Å². The van der Waals surface area contributed by atoms with Gasteiger partial charge in [0.1, 0.15) is 11.6 Å². The highest BCUT2D eigenvalue weighted by atomic mass is 16.5. The third kappa shape index (κ3) is 3.88. The summed E-state index contributed by atoms with van der Waals surface area (Å²) in [5.74, 6) is 2.56. The molecule has 1 N–H and O–H groups in total. The van der Waals surface area contributed by atoms with Crippen molar-refractivity contribution in [1.82, 2.24) is 19.9 Å². The van der Waals surface area contributed by atoms with Gasteiger partial charge in [0.05, 0.1) is 19.3 Å². The molecule has 1 aliphatic heterocycles. The maximum absolute atomic E-state index is 5.69. The lowest BCUT2D eigenvalue weighted by molar-refractivity contribution is -0.0137. The lowest BCUT2D eigenvalue weighted by atomic mass is 10.2. The predicted molar refractivity (Wildman–Crippen MR) is 91.5 cm³/mol. The minimum atomic E-state index is 0.166. The fourth-order valence-electron chi connectivity index (χ4n) is 3.05. The molecule has 0 amide bonds. The molecule has 126 valence electrons. The van der Waals surface area contributed by atoms with Crippen LogP contribution in [0, 0.1) is 5.92 Å². The highest BCUT2D eigenvalue weighted by Crippen LogP contribution is 2.33. The van der Waals surface area contributed by atoms with Gasteiger partial charge in [-0.2, -0.15) is 0 Å². The van der Waals surface area contributed by atoms with Gasteiger partial charge in [0.2, 0.25) is 0 Å². The first-order chi connectivity index (χ1) is 11.9. The maximum Gasteiger partial charge on any atom is 0.150 e. The Morgan fingerprint density at radius 3 is 3.04 bits per heavy atom. The van der Waals surface area contributed by atoms with E-state index < -0.39 is 0 Å². The Balaban J connectivity index is 1.44. The average Bonchev–Trinajstić information content (AvgIpc) is 3.46. The van der Waals surface area contributed by atoms with E-state index in [-0.39, 0.29) is 6.04 Å². The van der Waals surface area contributed by atoms with Crippen molar-refractivity contribution in [1.29, 1.82) is 0 Å². The van der Waals surface area contributed by atoms with Crippen LogP contribution >= 0.6 is 0 Å². The van der Waals surface area contributed by atoms with E-state index in [0.29, 0.717) is 13.2 Å². The molecule has 2 aromatic rings. The van der Waals surface area contributed by atoms with Crippen molar-refractivity contribution < 1.29 is 4.74 Å². The number of morpholine rings is 1. The fourth-order valence-corrected chi connectivity index (χ4v) is 3.05. The molecule has 0 radical (unpaired) electrons. The van der Waals surface area contributed by atoms with E-state index in [1.165, 1.54) is 12.8 Å². The number of hydrogen-bond donors (Lipinski definition) is 1. The highest BCUT2D eigenvalue weighted by molar-refractivity contribution is 5.34. The quantitative estimate of drug-likeness (QED) is 0.879. The molecule has 1 atom stereocenters. The molecule has 3 heterocycles. The SMILES string of the molecule is c1cncc(CNc2ccnc(C3COCCN3CC3CC3)n2)c1. The summed E-state index contributed by atoms with van der Waals surface area (Å²) in [6.45, 7) is 4.31.